The summed E-state index contributed by atoms with van der Waals surface area (Å²) in [7, 11) is 2.43. The molecule has 0 heterocycles. The molecule has 0 amide bonds. The lowest BCUT2D eigenvalue weighted by molar-refractivity contribution is -0.870. The van der Waals surface area contributed by atoms with Crippen molar-refractivity contribution in [3.05, 3.63) is 0 Å². The van der Waals surface area contributed by atoms with Crippen LogP contribution in [0, 0.1) is 5.92 Å². The van der Waals surface area contributed by atoms with E-state index in [0.717, 1.165) is 0 Å². The number of carbonyl (C=O) groups is 2. The van der Waals surface area contributed by atoms with Gasteiger partial charge in [0.2, 0.25) is 0 Å². The minimum absolute atomic E-state index is 0.00606. The highest BCUT2D eigenvalue weighted by atomic mass is 31.2. The second kappa shape index (κ2) is 12.5. The maximum atomic E-state index is 12.0. The van der Waals surface area contributed by atoms with E-state index >= 15 is 0 Å². The maximum Gasteiger partial charge on any atom is 0.308 e. The number of carbonyl (C=O) groups excluding carboxylic acids is 2. The zero-order valence-electron chi connectivity index (χ0n) is 17.3. The van der Waals surface area contributed by atoms with Gasteiger partial charge in [0.1, 0.15) is 13.2 Å². The highest BCUT2D eigenvalue weighted by molar-refractivity contribution is 7.45. The second-order valence-electron chi connectivity index (χ2n) is 7.40. The molecule has 0 radical (unpaired) electrons. The molecule has 0 fully saturated rings. The monoisotopic (exact) mass is 411 g/mol. The van der Waals surface area contributed by atoms with Crippen LogP contribution in [0.4, 0.5) is 0 Å². The van der Waals surface area contributed by atoms with Gasteiger partial charge in [0.15, 0.2) is 0 Å². The highest BCUT2D eigenvalue weighted by Gasteiger charge is 2.22. The molecule has 0 aromatic heterocycles. The van der Waals surface area contributed by atoms with Gasteiger partial charge in [-0.2, -0.15) is 0 Å². The standard InChI is InChI=1S/C17H34NO8P/c1-7-14(2)17(20)24-12-10-15(8-9-16(19)23-6)26-27(21,22)25-13-11-18(3,4)5/h14-15H,7-13H2,1-6H3. The zero-order valence-corrected chi connectivity index (χ0v) is 18.2. The number of hydrogen-bond acceptors (Lipinski definition) is 8. The number of phosphoric ester groups is 1. The molecule has 0 aromatic carbocycles. The molecule has 0 aliphatic carbocycles. The van der Waals surface area contributed by atoms with E-state index < -0.39 is 19.9 Å². The van der Waals surface area contributed by atoms with Crippen molar-refractivity contribution in [1.82, 2.24) is 0 Å². The fourth-order valence-corrected chi connectivity index (χ4v) is 2.81. The average molecular weight is 411 g/mol. The molecular formula is C17H34NO8P. The summed E-state index contributed by atoms with van der Waals surface area (Å²) >= 11 is 0. The van der Waals surface area contributed by atoms with E-state index in [1.165, 1.54) is 7.11 Å². The van der Waals surface area contributed by atoms with Crippen LogP contribution < -0.4 is 4.89 Å². The Balaban J connectivity index is 4.66. The third-order valence-corrected chi connectivity index (χ3v) is 4.94. The lowest BCUT2D eigenvalue weighted by Gasteiger charge is -2.30. The molecular weight excluding hydrogens is 377 g/mol. The Morgan fingerprint density at radius 1 is 1.15 bits per heavy atom. The molecule has 160 valence electrons. The number of nitrogens with zero attached hydrogens (tertiary/aromatic N) is 1. The molecule has 0 rings (SSSR count). The summed E-state index contributed by atoms with van der Waals surface area (Å²) in [6, 6.07) is 0. The first kappa shape index (κ1) is 26.0. The fourth-order valence-electron chi connectivity index (χ4n) is 1.87. The summed E-state index contributed by atoms with van der Waals surface area (Å²) in [5.41, 5.74) is 0. The molecule has 27 heavy (non-hydrogen) atoms. The number of likely N-dealkylation sites (N-methyl/N-ethyl adjacent to an activating group) is 1. The van der Waals surface area contributed by atoms with E-state index in [1.54, 1.807) is 6.92 Å². The number of ether oxygens (including phenoxy) is 2. The van der Waals surface area contributed by atoms with Gasteiger partial charge in [-0.05, 0) is 12.8 Å². The van der Waals surface area contributed by atoms with Crippen molar-refractivity contribution in [1.29, 1.82) is 0 Å². The maximum absolute atomic E-state index is 12.0. The van der Waals surface area contributed by atoms with Gasteiger partial charge < -0.3 is 27.9 Å². The molecule has 10 heteroatoms. The van der Waals surface area contributed by atoms with Crippen LogP contribution in [0.5, 0.6) is 0 Å². The van der Waals surface area contributed by atoms with Gasteiger partial charge in [0.25, 0.3) is 7.82 Å². The number of hydrogen-bond donors (Lipinski definition) is 0. The van der Waals surface area contributed by atoms with E-state index in [-0.39, 0.29) is 44.4 Å². The lowest BCUT2D eigenvalue weighted by atomic mass is 10.1. The molecule has 0 saturated carbocycles. The van der Waals surface area contributed by atoms with Gasteiger partial charge in [-0.1, -0.05) is 13.8 Å². The first-order valence-electron chi connectivity index (χ1n) is 9.08. The van der Waals surface area contributed by atoms with Crippen LogP contribution in [0.25, 0.3) is 0 Å². The van der Waals surface area contributed by atoms with E-state index in [9.17, 15) is 19.0 Å². The number of phosphoric acid groups is 1. The summed E-state index contributed by atoms with van der Waals surface area (Å²) in [6.45, 7) is 4.08. The van der Waals surface area contributed by atoms with Crippen LogP contribution >= 0.6 is 7.82 Å². The summed E-state index contributed by atoms with van der Waals surface area (Å²) < 4.78 is 32.3. The molecule has 0 aromatic rings. The van der Waals surface area contributed by atoms with E-state index in [2.05, 4.69) is 4.74 Å². The highest BCUT2D eigenvalue weighted by Crippen LogP contribution is 2.41. The van der Waals surface area contributed by atoms with Crippen molar-refractivity contribution in [2.75, 3.05) is 48.0 Å². The lowest BCUT2D eigenvalue weighted by Crippen LogP contribution is -2.37. The largest absolute Gasteiger partial charge is 0.756 e. The minimum atomic E-state index is -4.54. The Labute approximate surface area is 162 Å². The van der Waals surface area contributed by atoms with Crippen molar-refractivity contribution in [3.63, 3.8) is 0 Å². The Morgan fingerprint density at radius 3 is 2.30 bits per heavy atom. The molecule has 3 atom stereocenters. The molecule has 9 nitrogen and oxygen atoms in total. The quantitative estimate of drug-likeness (QED) is 0.240. The van der Waals surface area contributed by atoms with Crippen LogP contribution in [-0.2, 0) is 32.7 Å². The fraction of sp³-hybridized carbons (Fsp3) is 0.882. The number of methoxy groups -OCH3 is 1. The van der Waals surface area contributed by atoms with Crippen LogP contribution in [0.15, 0.2) is 0 Å². The Kier molecular flexibility index (Phi) is 12.0. The SMILES string of the molecule is CCC(C)C(=O)OCCC(CCC(=O)OC)OP(=O)([O-])OCC[N+](C)(C)C. The molecule has 0 saturated heterocycles. The predicted molar refractivity (Wildman–Crippen MR) is 97.6 cm³/mol. The second-order valence-corrected chi connectivity index (χ2v) is 8.77. The summed E-state index contributed by atoms with van der Waals surface area (Å²) in [5, 5.41) is 0. The number of rotatable bonds is 14. The van der Waals surface area contributed by atoms with Gasteiger partial charge in [-0.25, -0.2) is 0 Å². The van der Waals surface area contributed by atoms with Gasteiger partial charge in [-0.15, -0.1) is 0 Å². The molecule has 0 bridgehead atoms. The third kappa shape index (κ3) is 13.8. The zero-order chi connectivity index (χ0) is 21.1. The van der Waals surface area contributed by atoms with Gasteiger partial charge in [0, 0.05) is 12.8 Å². The average Bonchev–Trinajstić information content (AvgIpc) is 2.56. The van der Waals surface area contributed by atoms with E-state index in [4.69, 9.17) is 13.8 Å². The number of esters is 2. The van der Waals surface area contributed by atoms with E-state index in [0.29, 0.717) is 17.4 Å². The van der Waals surface area contributed by atoms with Gasteiger partial charge in [0.05, 0.1) is 46.9 Å². The molecule has 3 unspecified atom stereocenters. The van der Waals surface area contributed by atoms with Crippen molar-refractivity contribution in [2.45, 2.75) is 45.6 Å². The first-order chi connectivity index (χ1) is 12.4. The van der Waals surface area contributed by atoms with Crippen LogP contribution in [0.2, 0.25) is 0 Å². The number of quaternary nitrogens is 1. The smallest absolute Gasteiger partial charge is 0.308 e. The Bertz CT molecular complexity index is 506. The minimum Gasteiger partial charge on any atom is -0.756 e. The van der Waals surface area contributed by atoms with Gasteiger partial charge >= 0.3 is 11.9 Å². The Hall–Kier alpha value is -0.990. The molecule has 0 aliphatic heterocycles. The summed E-state index contributed by atoms with van der Waals surface area (Å²) in [6.07, 6.45) is 0.0279. The van der Waals surface area contributed by atoms with Gasteiger partial charge in [-0.3, -0.25) is 14.2 Å². The topological polar surface area (TPSA) is 111 Å². The van der Waals surface area contributed by atoms with Crippen molar-refractivity contribution < 1.29 is 42.1 Å². The van der Waals surface area contributed by atoms with Crippen molar-refractivity contribution in [2.24, 2.45) is 5.92 Å². The molecule has 0 N–H and O–H groups in total. The normalized spacial score (nSPS) is 16.3. The third-order valence-electron chi connectivity index (χ3n) is 3.89. The van der Waals surface area contributed by atoms with Crippen LogP contribution in [0.1, 0.15) is 39.5 Å². The predicted octanol–water partition coefficient (Wildman–Crippen LogP) is 1.50. The Morgan fingerprint density at radius 2 is 1.78 bits per heavy atom. The van der Waals surface area contributed by atoms with E-state index in [1.807, 2.05) is 28.1 Å². The summed E-state index contributed by atoms with van der Waals surface area (Å²) in [4.78, 5) is 35.1. The van der Waals surface area contributed by atoms with Crippen LogP contribution in [0.3, 0.4) is 0 Å². The summed E-state index contributed by atoms with van der Waals surface area (Å²) in [5.74, 6) is -1.07. The first-order valence-corrected chi connectivity index (χ1v) is 10.5. The van der Waals surface area contributed by atoms with Crippen molar-refractivity contribution in [3.8, 4) is 0 Å². The molecule has 0 spiro atoms. The molecule has 0 aliphatic rings. The van der Waals surface area contributed by atoms with Crippen molar-refractivity contribution >= 4 is 19.8 Å². The van der Waals surface area contributed by atoms with Crippen LogP contribution in [-0.4, -0.2) is 70.5 Å².